The van der Waals surface area contributed by atoms with Gasteiger partial charge in [0.25, 0.3) is 5.91 Å². The molecule has 0 aromatic heterocycles. The van der Waals surface area contributed by atoms with Gasteiger partial charge < -0.3 is 4.74 Å². The Morgan fingerprint density at radius 2 is 2.14 bits per heavy atom. The van der Waals surface area contributed by atoms with Gasteiger partial charge in [-0.25, -0.2) is 5.06 Å². The standard InChI is InChI=1S/C17H18N2O3/c1-19(21-2)16(20)15-9-6-10-17(11-15,13-18)22-12-14-7-4-3-5-8-14/h3-10H,11-12H2,1-2H3. The van der Waals surface area contributed by atoms with Gasteiger partial charge in [-0.05, 0) is 11.6 Å². The lowest BCUT2D eigenvalue weighted by molar-refractivity contribution is -0.164. The third kappa shape index (κ3) is 3.61. The monoisotopic (exact) mass is 298 g/mol. The Bertz CT molecular complexity index is 631. The molecule has 1 aromatic carbocycles. The maximum absolute atomic E-state index is 12.1. The largest absolute Gasteiger partial charge is 0.351 e. The molecule has 2 rings (SSSR count). The van der Waals surface area contributed by atoms with Gasteiger partial charge in [-0.3, -0.25) is 9.63 Å². The molecule has 0 saturated carbocycles. The zero-order valence-corrected chi connectivity index (χ0v) is 12.7. The molecule has 22 heavy (non-hydrogen) atoms. The molecular formula is C17H18N2O3. The van der Waals surface area contributed by atoms with Crippen LogP contribution in [-0.2, 0) is 21.0 Å². The van der Waals surface area contributed by atoms with E-state index in [4.69, 9.17) is 9.57 Å². The van der Waals surface area contributed by atoms with Crippen molar-refractivity contribution in [3.05, 3.63) is 59.7 Å². The number of rotatable bonds is 5. The Morgan fingerprint density at radius 1 is 1.41 bits per heavy atom. The summed E-state index contributed by atoms with van der Waals surface area (Å²) >= 11 is 0. The van der Waals surface area contributed by atoms with E-state index in [1.54, 1.807) is 18.2 Å². The Labute approximate surface area is 130 Å². The smallest absolute Gasteiger partial charge is 0.273 e. The molecule has 1 aromatic rings. The summed E-state index contributed by atoms with van der Waals surface area (Å²) in [6, 6.07) is 11.8. The predicted molar refractivity (Wildman–Crippen MR) is 81.2 cm³/mol. The number of hydrogen-bond acceptors (Lipinski definition) is 4. The van der Waals surface area contributed by atoms with Crippen molar-refractivity contribution in [1.82, 2.24) is 5.06 Å². The molecule has 1 atom stereocenters. The van der Waals surface area contributed by atoms with Crippen LogP contribution in [0.15, 0.2) is 54.1 Å². The van der Waals surface area contributed by atoms with E-state index in [-0.39, 0.29) is 12.3 Å². The van der Waals surface area contributed by atoms with Crippen LogP contribution in [0.25, 0.3) is 0 Å². The van der Waals surface area contributed by atoms with Crippen LogP contribution < -0.4 is 0 Å². The molecule has 0 N–H and O–H groups in total. The number of nitrogens with zero attached hydrogens (tertiary/aromatic N) is 2. The zero-order valence-electron chi connectivity index (χ0n) is 12.7. The van der Waals surface area contributed by atoms with Crippen molar-refractivity contribution < 1.29 is 14.4 Å². The van der Waals surface area contributed by atoms with Crippen molar-refractivity contribution in [2.45, 2.75) is 18.6 Å². The van der Waals surface area contributed by atoms with E-state index in [1.165, 1.54) is 14.2 Å². The van der Waals surface area contributed by atoms with Crippen LogP contribution in [0, 0.1) is 11.3 Å². The second-order valence-corrected chi connectivity index (χ2v) is 4.99. The SMILES string of the molecule is CON(C)C(=O)C1=CC=CC(C#N)(OCc2ccccc2)C1. The van der Waals surface area contributed by atoms with Gasteiger partial charge in [-0.1, -0.05) is 42.5 Å². The summed E-state index contributed by atoms with van der Waals surface area (Å²) in [5.41, 5.74) is 0.313. The fourth-order valence-corrected chi connectivity index (χ4v) is 2.15. The van der Waals surface area contributed by atoms with Crippen molar-refractivity contribution in [3.8, 4) is 6.07 Å². The van der Waals surface area contributed by atoms with Gasteiger partial charge in [0.05, 0.1) is 13.7 Å². The normalized spacial score (nSPS) is 20.1. The first-order valence-corrected chi connectivity index (χ1v) is 6.90. The van der Waals surface area contributed by atoms with Crippen molar-refractivity contribution in [3.63, 3.8) is 0 Å². The predicted octanol–water partition coefficient (Wildman–Crippen LogP) is 2.37. The lowest BCUT2D eigenvalue weighted by Gasteiger charge is -2.28. The van der Waals surface area contributed by atoms with E-state index in [0.717, 1.165) is 10.6 Å². The number of carbonyl (C=O) groups excluding carboxylic acids is 1. The lowest BCUT2D eigenvalue weighted by atomic mass is 9.90. The van der Waals surface area contributed by atoms with Crippen LogP contribution in [0.5, 0.6) is 0 Å². The maximum Gasteiger partial charge on any atom is 0.273 e. The van der Waals surface area contributed by atoms with Gasteiger partial charge in [0.15, 0.2) is 5.60 Å². The van der Waals surface area contributed by atoms with Gasteiger partial charge in [0, 0.05) is 19.0 Å². The molecule has 5 heteroatoms. The van der Waals surface area contributed by atoms with Gasteiger partial charge in [-0.15, -0.1) is 0 Å². The van der Waals surface area contributed by atoms with Crippen LogP contribution in [0.4, 0.5) is 0 Å². The highest BCUT2D eigenvalue weighted by atomic mass is 16.7. The molecule has 1 amide bonds. The first-order valence-electron chi connectivity index (χ1n) is 6.90. The number of nitriles is 1. The zero-order chi connectivity index (χ0) is 16.0. The number of allylic oxidation sites excluding steroid dienone is 2. The Hall–Kier alpha value is -2.42. The molecule has 1 aliphatic rings. The molecule has 0 spiro atoms. The average Bonchev–Trinajstić information content (AvgIpc) is 2.59. The minimum Gasteiger partial charge on any atom is -0.351 e. The van der Waals surface area contributed by atoms with Gasteiger partial charge >= 0.3 is 0 Å². The third-order valence-corrected chi connectivity index (χ3v) is 3.48. The number of hydroxylamine groups is 2. The molecule has 1 unspecified atom stereocenters. The fourth-order valence-electron chi connectivity index (χ4n) is 2.15. The quantitative estimate of drug-likeness (QED) is 0.783. The first-order chi connectivity index (χ1) is 10.6. The fraction of sp³-hybridized carbons (Fsp3) is 0.294. The first kappa shape index (κ1) is 16.0. The molecule has 0 bridgehead atoms. The minimum atomic E-state index is -1.13. The highest BCUT2D eigenvalue weighted by molar-refractivity contribution is 5.93. The number of hydrogen-bond donors (Lipinski definition) is 0. The maximum atomic E-state index is 12.1. The average molecular weight is 298 g/mol. The van der Waals surface area contributed by atoms with Crippen LogP contribution in [0.3, 0.4) is 0 Å². The molecular weight excluding hydrogens is 280 g/mol. The van der Waals surface area contributed by atoms with Crippen LogP contribution in [0.2, 0.25) is 0 Å². The molecule has 0 radical (unpaired) electrons. The van der Waals surface area contributed by atoms with E-state index in [9.17, 15) is 10.1 Å². The highest BCUT2D eigenvalue weighted by Crippen LogP contribution is 2.28. The number of likely N-dealkylation sites (N-methyl/N-ethyl adjacent to an activating group) is 1. The molecule has 0 heterocycles. The Balaban J connectivity index is 2.09. The molecule has 1 aliphatic carbocycles. The summed E-state index contributed by atoms with van der Waals surface area (Å²) in [7, 11) is 2.95. The molecule has 5 nitrogen and oxygen atoms in total. The summed E-state index contributed by atoms with van der Waals surface area (Å²) in [6.07, 6.45) is 5.23. The number of carbonyl (C=O) groups is 1. The molecule has 114 valence electrons. The van der Waals surface area contributed by atoms with Gasteiger partial charge in [-0.2, -0.15) is 5.26 Å². The molecule has 0 aliphatic heterocycles. The minimum absolute atomic E-state index is 0.194. The number of amides is 1. The second-order valence-electron chi connectivity index (χ2n) is 4.99. The van der Waals surface area contributed by atoms with Crippen molar-refractivity contribution in [2.24, 2.45) is 0 Å². The second kappa shape index (κ2) is 7.03. The molecule has 0 saturated heterocycles. The van der Waals surface area contributed by atoms with Crippen molar-refractivity contribution in [2.75, 3.05) is 14.2 Å². The topological polar surface area (TPSA) is 62.6 Å². The lowest BCUT2D eigenvalue weighted by Crippen LogP contribution is -2.35. The van der Waals surface area contributed by atoms with Gasteiger partial charge in [0.2, 0.25) is 0 Å². The van der Waals surface area contributed by atoms with E-state index in [1.807, 2.05) is 30.3 Å². The Kier molecular flexibility index (Phi) is 5.10. The van der Waals surface area contributed by atoms with E-state index in [2.05, 4.69) is 6.07 Å². The van der Waals surface area contributed by atoms with Crippen LogP contribution >= 0.6 is 0 Å². The van der Waals surface area contributed by atoms with Gasteiger partial charge in [0.1, 0.15) is 6.07 Å². The highest BCUT2D eigenvalue weighted by Gasteiger charge is 2.34. The summed E-state index contributed by atoms with van der Waals surface area (Å²) in [4.78, 5) is 17.0. The third-order valence-electron chi connectivity index (χ3n) is 3.48. The van der Waals surface area contributed by atoms with E-state index < -0.39 is 5.60 Å². The summed E-state index contributed by atoms with van der Waals surface area (Å²) < 4.78 is 5.80. The summed E-state index contributed by atoms with van der Waals surface area (Å²) in [5.74, 6) is -0.283. The van der Waals surface area contributed by atoms with Crippen molar-refractivity contribution in [1.29, 1.82) is 5.26 Å². The van der Waals surface area contributed by atoms with Crippen LogP contribution in [-0.4, -0.2) is 30.7 Å². The van der Waals surface area contributed by atoms with Crippen molar-refractivity contribution >= 4 is 5.91 Å². The van der Waals surface area contributed by atoms with E-state index >= 15 is 0 Å². The summed E-state index contributed by atoms with van der Waals surface area (Å²) in [5, 5.41) is 10.6. The van der Waals surface area contributed by atoms with Crippen LogP contribution in [0.1, 0.15) is 12.0 Å². The molecule has 0 fully saturated rings. The Morgan fingerprint density at radius 3 is 2.77 bits per heavy atom. The summed E-state index contributed by atoms with van der Waals surface area (Å²) in [6.45, 7) is 0.306. The number of ether oxygens (including phenoxy) is 1. The van der Waals surface area contributed by atoms with E-state index in [0.29, 0.717) is 12.2 Å². The number of benzene rings is 1.